The predicted molar refractivity (Wildman–Crippen MR) is 213 cm³/mol. The van der Waals surface area contributed by atoms with E-state index < -0.39 is 45.1 Å². The number of hydrogen-bond acceptors (Lipinski definition) is 8. The van der Waals surface area contributed by atoms with Crippen LogP contribution in [0.1, 0.15) is 213 Å². The van der Waals surface area contributed by atoms with Crippen molar-refractivity contribution in [2.75, 3.05) is 26.4 Å². The molecule has 0 aliphatic rings. The number of nitrogens with two attached hydrogens (primary N) is 1. The van der Waals surface area contributed by atoms with Crippen LogP contribution in [0.5, 0.6) is 0 Å². The standard InChI is InChI=1S/C41H82NO9P/c1-3-5-7-9-11-13-15-17-18-19-20-21-22-23-25-27-29-31-33-40(43)51-38(36-49-52(46,47)50-37-39(42)41(44)45)35-48-34-32-30-28-26-24-16-14-12-10-8-6-4-2/h38-39H,3-37,42H2,1-2H3,(H,44,45)(H,46,47). The number of esters is 1. The molecule has 0 aliphatic carbocycles. The molecule has 0 spiro atoms. The average molecular weight is 764 g/mol. The Bertz CT molecular complexity index is 847. The summed E-state index contributed by atoms with van der Waals surface area (Å²) >= 11 is 0. The summed E-state index contributed by atoms with van der Waals surface area (Å²) < 4.78 is 33.3. The largest absolute Gasteiger partial charge is 0.480 e. The van der Waals surface area contributed by atoms with Crippen LogP contribution in [0.15, 0.2) is 0 Å². The van der Waals surface area contributed by atoms with Gasteiger partial charge in [-0.1, -0.05) is 194 Å². The number of rotatable bonds is 42. The molecule has 0 aromatic carbocycles. The lowest BCUT2D eigenvalue weighted by atomic mass is 10.0. The summed E-state index contributed by atoms with van der Waals surface area (Å²) in [6, 6.07) is -1.47. The maximum atomic E-state index is 12.6. The van der Waals surface area contributed by atoms with Crippen molar-refractivity contribution in [1.29, 1.82) is 0 Å². The summed E-state index contributed by atoms with van der Waals surface area (Å²) in [4.78, 5) is 33.5. The van der Waals surface area contributed by atoms with Crippen molar-refractivity contribution in [1.82, 2.24) is 0 Å². The Morgan fingerprint density at radius 3 is 1.27 bits per heavy atom. The second kappa shape index (κ2) is 38.3. The molecule has 0 fully saturated rings. The number of ether oxygens (including phenoxy) is 2. The molecule has 0 aliphatic heterocycles. The van der Waals surface area contributed by atoms with Gasteiger partial charge in [0.05, 0.1) is 19.8 Å². The predicted octanol–water partition coefficient (Wildman–Crippen LogP) is 11.6. The van der Waals surface area contributed by atoms with Crippen molar-refractivity contribution in [2.45, 2.75) is 225 Å². The molecule has 4 N–H and O–H groups in total. The molecule has 3 unspecified atom stereocenters. The van der Waals surface area contributed by atoms with Crippen LogP contribution in [0.4, 0.5) is 0 Å². The van der Waals surface area contributed by atoms with E-state index in [1.54, 1.807) is 0 Å². The lowest BCUT2D eigenvalue weighted by Crippen LogP contribution is -2.34. The second-order valence-electron chi connectivity index (χ2n) is 14.8. The van der Waals surface area contributed by atoms with Crippen molar-refractivity contribution in [2.24, 2.45) is 5.73 Å². The van der Waals surface area contributed by atoms with Crippen LogP contribution in [0, 0.1) is 0 Å². The van der Waals surface area contributed by atoms with Gasteiger partial charge in [0.25, 0.3) is 0 Å². The lowest BCUT2D eigenvalue weighted by Gasteiger charge is -2.20. The van der Waals surface area contributed by atoms with Gasteiger partial charge in [-0.3, -0.25) is 18.6 Å². The maximum Gasteiger partial charge on any atom is 0.472 e. The fraction of sp³-hybridized carbons (Fsp3) is 0.951. The highest BCUT2D eigenvalue weighted by Crippen LogP contribution is 2.43. The van der Waals surface area contributed by atoms with E-state index >= 15 is 0 Å². The fourth-order valence-corrected chi connectivity index (χ4v) is 7.03. The zero-order valence-corrected chi connectivity index (χ0v) is 34.6. The third-order valence-corrected chi connectivity index (χ3v) is 10.6. The minimum atomic E-state index is -4.60. The summed E-state index contributed by atoms with van der Waals surface area (Å²) in [6.07, 6.45) is 37.2. The number of unbranched alkanes of at least 4 members (excludes halogenated alkanes) is 28. The summed E-state index contributed by atoms with van der Waals surface area (Å²) in [5, 5.41) is 8.88. The Kier molecular flexibility index (Phi) is 37.5. The van der Waals surface area contributed by atoms with Crippen LogP contribution >= 0.6 is 7.82 Å². The van der Waals surface area contributed by atoms with Crippen molar-refractivity contribution >= 4 is 19.8 Å². The molecule has 0 heterocycles. The number of carbonyl (C=O) groups excluding carboxylic acids is 1. The Hall–Kier alpha value is -1.03. The van der Waals surface area contributed by atoms with E-state index in [1.165, 1.54) is 154 Å². The van der Waals surface area contributed by atoms with Gasteiger partial charge in [-0.15, -0.1) is 0 Å². The van der Waals surface area contributed by atoms with Gasteiger partial charge in [0.1, 0.15) is 12.1 Å². The molecule has 0 rings (SSSR count). The Balaban J connectivity index is 4.17. The molecule has 0 bridgehead atoms. The zero-order valence-electron chi connectivity index (χ0n) is 33.7. The van der Waals surface area contributed by atoms with Gasteiger partial charge in [0.15, 0.2) is 0 Å². The van der Waals surface area contributed by atoms with E-state index in [2.05, 4.69) is 13.8 Å². The van der Waals surface area contributed by atoms with Crippen LogP contribution in [0.3, 0.4) is 0 Å². The first-order valence-corrected chi connectivity index (χ1v) is 23.1. The molecular weight excluding hydrogens is 681 g/mol. The Morgan fingerprint density at radius 2 is 0.885 bits per heavy atom. The van der Waals surface area contributed by atoms with Gasteiger partial charge in [-0.25, -0.2) is 4.57 Å². The fourth-order valence-electron chi connectivity index (χ4n) is 6.25. The maximum absolute atomic E-state index is 12.6. The minimum absolute atomic E-state index is 0.0253. The highest BCUT2D eigenvalue weighted by Gasteiger charge is 2.27. The van der Waals surface area contributed by atoms with Gasteiger partial charge < -0.3 is 25.2 Å². The first-order chi connectivity index (χ1) is 25.2. The number of carboxylic acids is 1. The van der Waals surface area contributed by atoms with Gasteiger partial charge in [-0.05, 0) is 12.8 Å². The van der Waals surface area contributed by atoms with Crippen molar-refractivity contribution in [3.63, 3.8) is 0 Å². The number of carboxylic acid groups (broad SMARTS) is 1. The summed E-state index contributed by atoms with van der Waals surface area (Å²) in [7, 11) is -4.60. The number of phosphoric acid groups is 1. The van der Waals surface area contributed by atoms with Crippen molar-refractivity contribution < 1.29 is 42.7 Å². The molecule has 0 aromatic heterocycles. The van der Waals surface area contributed by atoms with E-state index in [0.29, 0.717) is 6.61 Å². The van der Waals surface area contributed by atoms with Crippen LogP contribution in [0.2, 0.25) is 0 Å². The van der Waals surface area contributed by atoms with Gasteiger partial charge in [0, 0.05) is 13.0 Å². The molecule has 3 atom stereocenters. The highest BCUT2D eigenvalue weighted by molar-refractivity contribution is 7.47. The van der Waals surface area contributed by atoms with Crippen LogP contribution in [0.25, 0.3) is 0 Å². The lowest BCUT2D eigenvalue weighted by molar-refractivity contribution is -0.154. The molecule has 0 radical (unpaired) electrons. The van der Waals surface area contributed by atoms with Crippen LogP contribution in [-0.4, -0.2) is 60.5 Å². The number of hydrogen-bond donors (Lipinski definition) is 3. The zero-order chi connectivity index (χ0) is 38.4. The third-order valence-electron chi connectivity index (χ3n) is 9.64. The molecule has 52 heavy (non-hydrogen) atoms. The van der Waals surface area contributed by atoms with Crippen molar-refractivity contribution in [3.8, 4) is 0 Å². The smallest absolute Gasteiger partial charge is 0.472 e. The second-order valence-corrected chi connectivity index (χ2v) is 16.3. The molecule has 0 amide bonds. The first-order valence-electron chi connectivity index (χ1n) is 21.6. The third kappa shape index (κ3) is 37.3. The molecule has 0 saturated heterocycles. The van der Waals surface area contributed by atoms with Gasteiger partial charge >= 0.3 is 19.8 Å². The molecule has 310 valence electrons. The first kappa shape index (κ1) is 51.0. The average Bonchev–Trinajstić information content (AvgIpc) is 3.12. The normalized spacial score (nSPS) is 13.9. The quantitative estimate of drug-likeness (QED) is 0.0311. The van der Waals surface area contributed by atoms with Gasteiger partial charge in [-0.2, -0.15) is 0 Å². The van der Waals surface area contributed by atoms with Crippen LogP contribution in [-0.2, 0) is 32.7 Å². The summed E-state index contributed by atoms with van der Waals surface area (Å²) in [5.74, 6) is -1.77. The number of aliphatic carboxylic acids is 1. The molecule has 0 aromatic rings. The highest BCUT2D eigenvalue weighted by atomic mass is 31.2. The van der Waals surface area contributed by atoms with Crippen LogP contribution < -0.4 is 5.73 Å². The van der Waals surface area contributed by atoms with E-state index in [0.717, 1.165) is 38.5 Å². The SMILES string of the molecule is CCCCCCCCCCCCCCCCCCCCC(=O)OC(COCCCCCCCCCCCCCC)COP(=O)(O)OCC(N)C(=O)O. The molecule has 0 saturated carbocycles. The molecular formula is C41H82NO9P. The monoisotopic (exact) mass is 764 g/mol. The minimum Gasteiger partial charge on any atom is -0.480 e. The topological polar surface area (TPSA) is 155 Å². The van der Waals surface area contributed by atoms with E-state index in [4.69, 9.17) is 29.4 Å². The van der Waals surface area contributed by atoms with E-state index in [1.807, 2.05) is 0 Å². The summed E-state index contributed by atoms with van der Waals surface area (Å²) in [6.45, 7) is 3.92. The van der Waals surface area contributed by atoms with E-state index in [-0.39, 0.29) is 13.0 Å². The Morgan fingerprint density at radius 1 is 0.538 bits per heavy atom. The van der Waals surface area contributed by atoms with Crippen molar-refractivity contribution in [3.05, 3.63) is 0 Å². The Labute approximate surface area is 319 Å². The number of carbonyl (C=O) groups is 2. The number of phosphoric ester groups is 1. The molecule has 11 heteroatoms. The van der Waals surface area contributed by atoms with Gasteiger partial charge in [0.2, 0.25) is 0 Å². The van der Waals surface area contributed by atoms with E-state index in [9.17, 15) is 19.0 Å². The summed E-state index contributed by atoms with van der Waals surface area (Å²) in [5.41, 5.74) is 5.35. The molecule has 10 nitrogen and oxygen atoms in total.